The maximum absolute atomic E-state index is 13.3. The Morgan fingerprint density at radius 1 is 1.03 bits per heavy atom. The molecule has 2 fully saturated rings. The Kier molecular flexibility index (Phi) is 9.00. The number of aliphatic hydroxyl groups excluding tert-OH is 1. The van der Waals surface area contributed by atoms with Crippen molar-refractivity contribution >= 4 is 17.4 Å². The number of aliphatic hydroxyl groups is 1. The first-order chi connectivity index (χ1) is 17.9. The van der Waals surface area contributed by atoms with E-state index in [0.717, 1.165) is 51.3 Å². The number of amides is 1. The van der Waals surface area contributed by atoms with Crippen molar-refractivity contribution in [1.29, 1.82) is 0 Å². The third-order valence-corrected chi connectivity index (χ3v) is 7.04. The van der Waals surface area contributed by atoms with Crippen molar-refractivity contribution < 1.29 is 24.2 Å². The van der Waals surface area contributed by atoms with Gasteiger partial charge in [0.05, 0.1) is 31.4 Å². The first-order valence-electron chi connectivity index (χ1n) is 13.3. The lowest BCUT2D eigenvalue weighted by Gasteiger charge is -2.29. The number of nitrogens with zero attached hydrogens (tertiary/aromatic N) is 2. The zero-order chi connectivity index (χ0) is 26.4. The molecule has 2 saturated heterocycles. The second-order valence-electron chi connectivity index (χ2n) is 9.99. The van der Waals surface area contributed by atoms with Crippen molar-refractivity contribution in [2.24, 2.45) is 0 Å². The van der Waals surface area contributed by atoms with Gasteiger partial charge >= 0.3 is 0 Å². The number of rotatable bonds is 10. The van der Waals surface area contributed by atoms with Crippen LogP contribution in [-0.2, 0) is 14.3 Å². The van der Waals surface area contributed by atoms with Gasteiger partial charge in [0.15, 0.2) is 0 Å². The van der Waals surface area contributed by atoms with E-state index < -0.39 is 17.7 Å². The van der Waals surface area contributed by atoms with Crippen LogP contribution >= 0.6 is 0 Å². The van der Waals surface area contributed by atoms with Crippen LogP contribution in [0.4, 0.5) is 0 Å². The third-order valence-electron chi connectivity index (χ3n) is 7.04. The molecule has 1 atom stereocenters. The molecular weight excluding hydrogens is 468 g/mol. The number of Topliss-reactive ketones (excluding diaryl/α,β-unsaturated/α-hetero) is 1. The fraction of sp³-hybridized carbons (Fsp3) is 0.467. The van der Waals surface area contributed by atoms with Crippen LogP contribution in [0.25, 0.3) is 5.76 Å². The molecule has 7 nitrogen and oxygen atoms in total. The van der Waals surface area contributed by atoms with Gasteiger partial charge in [0.2, 0.25) is 0 Å². The van der Waals surface area contributed by atoms with E-state index in [2.05, 4.69) is 18.7 Å². The van der Waals surface area contributed by atoms with Gasteiger partial charge in [-0.15, -0.1) is 0 Å². The molecule has 4 rings (SSSR count). The molecule has 0 unspecified atom stereocenters. The lowest BCUT2D eigenvalue weighted by molar-refractivity contribution is -0.140. The molecule has 2 aliphatic rings. The van der Waals surface area contributed by atoms with E-state index in [-0.39, 0.29) is 11.3 Å². The van der Waals surface area contributed by atoms with Gasteiger partial charge in [-0.05, 0) is 54.2 Å². The van der Waals surface area contributed by atoms with Crippen LogP contribution in [0.3, 0.4) is 0 Å². The topological polar surface area (TPSA) is 79.3 Å². The monoisotopic (exact) mass is 506 g/mol. The molecule has 198 valence electrons. The molecule has 1 amide bonds. The Hall–Kier alpha value is -3.16. The average molecular weight is 507 g/mol. The van der Waals surface area contributed by atoms with Gasteiger partial charge in [-0.1, -0.05) is 45.0 Å². The molecule has 2 heterocycles. The Morgan fingerprint density at radius 3 is 2.32 bits per heavy atom. The van der Waals surface area contributed by atoms with E-state index in [9.17, 15) is 14.7 Å². The number of hydrogen-bond donors (Lipinski definition) is 1. The number of benzene rings is 2. The van der Waals surface area contributed by atoms with Gasteiger partial charge in [-0.2, -0.15) is 0 Å². The highest BCUT2D eigenvalue weighted by molar-refractivity contribution is 6.46. The molecule has 7 heteroatoms. The summed E-state index contributed by atoms with van der Waals surface area (Å²) in [5.41, 5.74) is 2.62. The quantitative estimate of drug-likeness (QED) is 0.285. The van der Waals surface area contributed by atoms with Crippen LogP contribution in [0.1, 0.15) is 62.3 Å². The summed E-state index contributed by atoms with van der Waals surface area (Å²) in [5.74, 6) is -0.309. The van der Waals surface area contributed by atoms with E-state index in [0.29, 0.717) is 30.4 Å². The number of carbonyl (C=O) groups is 2. The van der Waals surface area contributed by atoms with E-state index in [1.165, 1.54) is 5.56 Å². The Labute approximate surface area is 219 Å². The fourth-order valence-corrected chi connectivity index (χ4v) is 4.89. The SMILES string of the molecule is CCCOc1ccc(C(O)=C2C(=O)C(=O)N(CCCN3CCOCC3)[C@H]2c2ccc(C(C)C)cc2)cc1. The van der Waals surface area contributed by atoms with Gasteiger partial charge < -0.3 is 19.5 Å². The molecule has 2 aliphatic heterocycles. The van der Waals surface area contributed by atoms with Gasteiger partial charge in [-0.3, -0.25) is 14.5 Å². The number of ether oxygens (including phenoxy) is 2. The van der Waals surface area contributed by atoms with Crippen LogP contribution in [0.2, 0.25) is 0 Å². The van der Waals surface area contributed by atoms with Gasteiger partial charge in [0, 0.05) is 31.7 Å². The molecule has 1 N–H and O–H groups in total. The Balaban J connectivity index is 1.65. The van der Waals surface area contributed by atoms with Gasteiger partial charge in [0.1, 0.15) is 11.5 Å². The van der Waals surface area contributed by atoms with Crippen molar-refractivity contribution in [3.05, 3.63) is 70.8 Å². The van der Waals surface area contributed by atoms with Crippen molar-refractivity contribution in [3.63, 3.8) is 0 Å². The standard InChI is InChI=1S/C30H38N2O5/c1-4-18-37-25-12-10-24(11-13-25)28(33)26-27(23-8-6-22(7-9-23)21(2)3)32(30(35)29(26)34)15-5-14-31-16-19-36-20-17-31/h6-13,21,27,33H,4-5,14-20H2,1-3H3/t27-/m0/s1. The number of ketones is 1. The molecular formula is C30H38N2O5. The molecule has 2 aromatic carbocycles. The third kappa shape index (κ3) is 6.22. The summed E-state index contributed by atoms with van der Waals surface area (Å²) in [7, 11) is 0. The highest BCUT2D eigenvalue weighted by Crippen LogP contribution is 2.40. The molecule has 0 saturated carbocycles. The van der Waals surface area contributed by atoms with E-state index in [1.807, 2.05) is 31.2 Å². The summed E-state index contributed by atoms with van der Waals surface area (Å²) in [4.78, 5) is 30.5. The predicted octanol–water partition coefficient (Wildman–Crippen LogP) is 4.74. The second-order valence-corrected chi connectivity index (χ2v) is 9.99. The summed E-state index contributed by atoms with van der Waals surface area (Å²) in [6.07, 6.45) is 1.63. The number of morpholine rings is 1. The largest absolute Gasteiger partial charge is 0.507 e. The second kappa shape index (κ2) is 12.4. The van der Waals surface area contributed by atoms with Gasteiger partial charge in [-0.25, -0.2) is 0 Å². The van der Waals surface area contributed by atoms with Crippen LogP contribution in [0, 0.1) is 0 Å². The van der Waals surface area contributed by atoms with Gasteiger partial charge in [0.25, 0.3) is 11.7 Å². The first kappa shape index (κ1) is 26.9. The molecule has 0 radical (unpaired) electrons. The minimum atomic E-state index is -0.645. The smallest absolute Gasteiger partial charge is 0.295 e. The van der Waals surface area contributed by atoms with Crippen LogP contribution in [0.15, 0.2) is 54.1 Å². The number of hydrogen-bond acceptors (Lipinski definition) is 6. The molecule has 0 spiro atoms. The highest BCUT2D eigenvalue weighted by Gasteiger charge is 2.45. The molecule has 2 aromatic rings. The zero-order valence-electron chi connectivity index (χ0n) is 22.1. The number of likely N-dealkylation sites (tertiary alicyclic amines) is 1. The van der Waals surface area contributed by atoms with Crippen molar-refractivity contribution in [1.82, 2.24) is 9.80 Å². The van der Waals surface area contributed by atoms with E-state index >= 15 is 0 Å². The predicted molar refractivity (Wildman–Crippen MR) is 144 cm³/mol. The summed E-state index contributed by atoms with van der Waals surface area (Å²) >= 11 is 0. The van der Waals surface area contributed by atoms with Crippen LogP contribution in [-0.4, -0.2) is 72.6 Å². The lowest BCUT2D eigenvalue weighted by Crippen LogP contribution is -2.38. The van der Waals surface area contributed by atoms with E-state index in [1.54, 1.807) is 29.2 Å². The van der Waals surface area contributed by atoms with Crippen molar-refractivity contribution in [3.8, 4) is 5.75 Å². The maximum Gasteiger partial charge on any atom is 0.295 e. The zero-order valence-corrected chi connectivity index (χ0v) is 22.1. The fourth-order valence-electron chi connectivity index (χ4n) is 4.89. The van der Waals surface area contributed by atoms with Crippen molar-refractivity contribution in [2.45, 2.75) is 45.6 Å². The number of carbonyl (C=O) groups excluding carboxylic acids is 2. The molecule has 0 aliphatic carbocycles. The maximum atomic E-state index is 13.3. The van der Waals surface area contributed by atoms with E-state index in [4.69, 9.17) is 9.47 Å². The summed E-state index contributed by atoms with van der Waals surface area (Å²) < 4.78 is 11.1. The summed E-state index contributed by atoms with van der Waals surface area (Å²) in [6, 6.07) is 14.4. The summed E-state index contributed by atoms with van der Waals surface area (Å²) in [6.45, 7) is 11.3. The summed E-state index contributed by atoms with van der Waals surface area (Å²) in [5, 5.41) is 11.3. The molecule has 0 aromatic heterocycles. The first-order valence-corrected chi connectivity index (χ1v) is 13.3. The Morgan fingerprint density at radius 2 is 1.70 bits per heavy atom. The van der Waals surface area contributed by atoms with Crippen molar-refractivity contribution in [2.75, 3.05) is 46.0 Å². The lowest BCUT2D eigenvalue weighted by atomic mass is 9.93. The highest BCUT2D eigenvalue weighted by atomic mass is 16.5. The van der Waals surface area contributed by atoms with Crippen LogP contribution < -0.4 is 4.74 Å². The minimum absolute atomic E-state index is 0.135. The molecule has 37 heavy (non-hydrogen) atoms. The normalized spacial score (nSPS) is 20.1. The molecule has 0 bridgehead atoms. The average Bonchev–Trinajstić information content (AvgIpc) is 3.17. The van der Waals surface area contributed by atoms with Crippen LogP contribution in [0.5, 0.6) is 5.75 Å². The Bertz CT molecular complexity index is 1100. The minimum Gasteiger partial charge on any atom is -0.507 e.